The molecule has 0 unspecified atom stereocenters. The summed E-state index contributed by atoms with van der Waals surface area (Å²) in [6.45, 7) is 18.0. The van der Waals surface area contributed by atoms with Gasteiger partial charge in [-0.05, 0) is 53.2 Å². The molecule has 224 valence electrons. The summed E-state index contributed by atoms with van der Waals surface area (Å²) >= 11 is 0. The molecule has 1 aromatic carbocycles. The number of nitro benzene ring substituents is 1. The fourth-order valence-corrected chi connectivity index (χ4v) is 4.70. The van der Waals surface area contributed by atoms with Crippen molar-refractivity contribution < 1.29 is 27.8 Å². The van der Waals surface area contributed by atoms with E-state index in [-0.39, 0.29) is 46.8 Å². The number of nitrogens with zero attached hydrogens (tertiary/aromatic N) is 3. The summed E-state index contributed by atoms with van der Waals surface area (Å²) in [5.41, 5.74) is -0.940. The van der Waals surface area contributed by atoms with Crippen molar-refractivity contribution in [1.82, 2.24) is 9.80 Å². The maximum absolute atomic E-state index is 14.4. The molecule has 2 amide bonds. The van der Waals surface area contributed by atoms with Gasteiger partial charge in [-0.2, -0.15) is 0 Å². The highest BCUT2D eigenvalue weighted by atomic mass is 32.3. The molecule has 0 N–H and O–H groups in total. The molecule has 0 fully saturated rings. The molecule has 9 nitrogen and oxygen atoms in total. The van der Waals surface area contributed by atoms with E-state index in [1.54, 1.807) is 32.7 Å². The van der Waals surface area contributed by atoms with E-state index < -0.39 is 38.8 Å². The molecule has 0 saturated heterocycles. The molecular formula is C28H48FN3O6S. The van der Waals surface area contributed by atoms with Crippen molar-refractivity contribution in [3.8, 4) is 0 Å². The summed E-state index contributed by atoms with van der Waals surface area (Å²) < 4.78 is 26.5. The van der Waals surface area contributed by atoms with E-state index in [0.29, 0.717) is 6.54 Å². The van der Waals surface area contributed by atoms with Crippen molar-refractivity contribution in [2.75, 3.05) is 32.6 Å². The quantitative estimate of drug-likeness (QED) is 0.231. The molecule has 0 spiro atoms. The zero-order valence-corrected chi connectivity index (χ0v) is 26.5. The zero-order valence-electron chi connectivity index (χ0n) is 25.7. The fourth-order valence-electron chi connectivity index (χ4n) is 3.55. The first-order chi connectivity index (χ1) is 17.6. The fraction of sp³-hybridized carbons (Fsp3) is 0.714. The minimum Gasteiger partial charge on any atom is -0.444 e. The lowest BCUT2D eigenvalue weighted by molar-refractivity contribution is -0.385. The van der Waals surface area contributed by atoms with Crippen LogP contribution >= 0.6 is 10.3 Å². The number of benzene rings is 1. The monoisotopic (exact) mass is 573 g/mol. The first-order valence-electron chi connectivity index (χ1n) is 13.1. The molecule has 0 aliphatic rings. The number of carbonyl (C=O) groups is 2. The van der Waals surface area contributed by atoms with Gasteiger partial charge < -0.3 is 18.7 Å². The van der Waals surface area contributed by atoms with Gasteiger partial charge in [-0.3, -0.25) is 14.9 Å². The summed E-state index contributed by atoms with van der Waals surface area (Å²) in [4.78, 5) is 39.7. The van der Waals surface area contributed by atoms with Gasteiger partial charge in [0.15, 0.2) is 0 Å². The van der Waals surface area contributed by atoms with E-state index in [1.807, 2.05) is 20.8 Å². The van der Waals surface area contributed by atoms with E-state index in [1.165, 1.54) is 4.90 Å². The lowest BCUT2D eigenvalue weighted by Gasteiger charge is -2.48. The second-order valence-corrected chi connectivity index (χ2v) is 16.6. The van der Waals surface area contributed by atoms with Gasteiger partial charge in [-0.1, -0.05) is 27.7 Å². The standard InChI is InChI=1S/C28H48FN3O6S/c1-19(2)31(25(33)16-21-15-22(32(35)36)13-14-23(21)29)17-20(3)24(38-39(11,12)28(7,8)9)18-30(10)26(34)37-27(4,5)6/h13-15,19-20,24H,16-18H2,1-12H3/t20-,24+/m1/s1. The van der Waals surface area contributed by atoms with Crippen LogP contribution in [0.4, 0.5) is 14.9 Å². The zero-order chi connectivity index (χ0) is 30.5. The Kier molecular flexibility index (Phi) is 11.8. The van der Waals surface area contributed by atoms with E-state index in [2.05, 4.69) is 33.3 Å². The average molecular weight is 574 g/mol. The molecule has 0 saturated carbocycles. The van der Waals surface area contributed by atoms with Crippen molar-refractivity contribution in [3.05, 3.63) is 39.7 Å². The molecule has 39 heavy (non-hydrogen) atoms. The average Bonchev–Trinajstić information content (AvgIpc) is 2.75. The minimum atomic E-state index is -1.59. The molecule has 11 heteroatoms. The Bertz CT molecular complexity index is 1020. The number of nitro groups is 1. The summed E-state index contributed by atoms with van der Waals surface area (Å²) in [6, 6.07) is 2.98. The van der Waals surface area contributed by atoms with Crippen molar-refractivity contribution in [3.63, 3.8) is 0 Å². The van der Waals surface area contributed by atoms with Gasteiger partial charge in [0.1, 0.15) is 11.4 Å². The second kappa shape index (κ2) is 13.3. The largest absolute Gasteiger partial charge is 0.444 e. The second-order valence-electron chi connectivity index (χ2n) is 12.7. The van der Waals surface area contributed by atoms with Crippen LogP contribution in [0.2, 0.25) is 0 Å². The molecule has 1 aromatic rings. The molecule has 0 aliphatic carbocycles. The molecule has 0 radical (unpaired) electrons. The third-order valence-electron chi connectivity index (χ3n) is 6.64. The number of likely N-dealkylation sites (N-methyl/N-ethyl adjacent to an activating group) is 1. The first-order valence-corrected chi connectivity index (χ1v) is 15.5. The van der Waals surface area contributed by atoms with Gasteiger partial charge in [-0.15, -0.1) is 10.3 Å². The molecule has 0 aromatic heterocycles. The highest BCUT2D eigenvalue weighted by Gasteiger charge is 2.36. The van der Waals surface area contributed by atoms with Gasteiger partial charge >= 0.3 is 6.09 Å². The SMILES string of the molecule is CC(C)N(C[C@@H](C)[C@H](CN(C)C(=O)OC(C)(C)C)OS(C)(C)C(C)(C)C)C(=O)Cc1cc([N+](=O)[O-])ccc1F. The minimum absolute atomic E-state index is 0.0247. The Morgan fingerprint density at radius 1 is 1.08 bits per heavy atom. The van der Waals surface area contributed by atoms with Crippen molar-refractivity contribution in [1.29, 1.82) is 0 Å². The van der Waals surface area contributed by atoms with Crippen LogP contribution in [0.1, 0.15) is 67.9 Å². The van der Waals surface area contributed by atoms with E-state index >= 15 is 0 Å². The summed E-state index contributed by atoms with van der Waals surface area (Å²) in [6.07, 6.45) is 2.97. The van der Waals surface area contributed by atoms with Crippen molar-refractivity contribution >= 4 is 28.0 Å². The van der Waals surface area contributed by atoms with Crippen LogP contribution in [0, 0.1) is 21.8 Å². The van der Waals surface area contributed by atoms with Gasteiger partial charge in [-0.25, -0.2) is 9.18 Å². The Morgan fingerprint density at radius 3 is 2.10 bits per heavy atom. The number of hydrogen-bond acceptors (Lipinski definition) is 6. The Labute approximate surface area is 235 Å². The van der Waals surface area contributed by atoms with Crippen molar-refractivity contribution in [2.24, 2.45) is 5.92 Å². The third-order valence-corrected chi connectivity index (χ3v) is 10.3. The van der Waals surface area contributed by atoms with Crippen LogP contribution in [0.15, 0.2) is 18.2 Å². The van der Waals surface area contributed by atoms with Crippen LogP contribution in [-0.4, -0.2) is 81.9 Å². The van der Waals surface area contributed by atoms with Gasteiger partial charge in [0, 0.05) is 48.0 Å². The summed E-state index contributed by atoms with van der Waals surface area (Å²) in [7, 11) is 0.0723. The van der Waals surface area contributed by atoms with Crippen LogP contribution in [0.5, 0.6) is 0 Å². The van der Waals surface area contributed by atoms with Crippen molar-refractivity contribution in [2.45, 2.75) is 91.2 Å². The number of halogens is 1. The number of ether oxygens (including phenoxy) is 1. The first kappa shape index (κ1) is 34.6. The number of rotatable bonds is 11. The Hall–Kier alpha value is -2.40. The maximum atomic E-state index is 14.4. The molecule has 0 heterocycles. The van der Waals surface area contributed by atoms with Crippen LogP contribution < -0.4 is 0 Å². The lowest BCUT2D eigenvalue weighted by atomic mass is 10.0. The smallest absolute Gasteiger partial charge is 0.410 e. The Balaban J connectivity index is 3.23. The van der Waals surface area contributed by atoms with Gasteiger partial charge in [0.2, 0.25) is 5.91 Å². The highest BCUT2D eigenvalue weighted by molar-refractivity contribution is 8.29. The molecule has 1 rings (SSSR count). The van der Waals surface area contributed by atoms with Gasteiger partial charge in [0.25, 0.3) is 5.69 Å². The maximum Gasteiger partial charge on any atom is 0.410 e. The summed E-state index contributed by atoms with van der Waals surface area (Å²) in [5.74, 6) is -1.22. The number of hydrogen-bond donors (Lipinski definition) is 0. The van der Waals surface area contributed by atoms with E-state index in [9.17, 15) is 24.1 Å². The predicted molar refractivity (Wildman–Crippen MR) is 156 cm³/mol. The summed E-state index contributed by atoms with van der Waals surface area (Å²) in [5, 5.41) is 11.1. The van der Waals surface area contributed by atoms with Crippen LogP contribution in [-0.2, 0) is 20.1 Å². The number of carbonyl (C=O) groups excluding carboxylic acids is 2. The third kappa shape index (κ3) is 10.6. The Morgan fingerprint density at radius 2 is 1.64 bits per heavy atom. The molecule has 0 bridgehead atoms. The topological polar surface area (TPSA) is 102 Å². The predicted octanol–water partition coefficient (Wildman–Crippen LogP) is 6.18. The van der Waals surface area contributed by atoms with Gasteiger partial charge in [0.05, 0.1) is 24.0 Å². The highest BCUT2D eigenvalue weighted by Crippen LogP contribution is 2.55. The normalized spacial score (nSPS) is 14.5. The molecule has 2 atom stereocenters. The number of non-ortho nitro benzene ring substituents is 1. The van der Waals surface area contributed by atoms with Crippen LogP contribution in [0.3, 0.4) is 0 Å². The number of amides is 2. The lowest BCUT2D eigenvalue weighted by Crippen LogP contribution is -2.48. The van der Waals surface area contributed by atoms with E-state index in [4.69, 9.17) is 8.92 Å². The van der Waals surface area contributed by atoms with Crippen LogP contribution in [0.25, 0.3) is 0 Å². The van der Waals surface area contributed by atoms with E-state index in [0.717, 1.165) is 18.2 Å². The molecule has 0 aliphatic heterocycles. The molecular weight excluding hydrogens is 525 g/mol.